The standard InChI is InChI=1S/C27H30N4O/c32-27(28-13-12-22-18-29-26-11-4-3-10-25(22)26)20-31-16-14-30(15-17-31)19-23-8-5-7-21-6-1-2-9-24(21)23/h1-11,18,29H,12-17,19-20H2,(H,28,32). The number of aromatic amines is 1. The number of hydrogen-bond acceptors (Lipinski definition) is 3. The zero-order valence-corrected chi connectivity index (χ0v) is 18.4. The van der Waals surface area contributed by atoms with Crippen molar-refractivity contribution < 1.29 is 4.79 Å². The molecule has 0 atom stereocenters. The van der Waals surface area contributed by atoms with Crippen LogP contribution >= 0.6 is 0 Å². The molecule has 32 heavy (non-hydrogen) atoms. The number of nitrogens with zero attached hydrogens (tertiary/aromatic N) is 2. The van der Waals surface area contributed by atoms with Crippen molar-refractivity contribution in [1.82, 2.24) is 20.1 Å². The van der Waals surface area contributed by atoms with Gasteiger partial charge in [-0.2, -0.15) is 0 Å². The number of nitrogens with one attached hydrogen (secondary N) is 2. The summed E-state index contributed by atoms with van der Waals surface area (Å²) in [6.45, 7) is 5.96. The van der Waals surface area contributed by atoms with Crippen LogP contribution in [-0.2, 0) is 17.8 Å². The molecule has 2 heterocycles. The molecule has 0 spiro atoms. The summed E-state index contributed by atoms with van der Waals surface area (Å²) < 4.78 is 0. The van der Waals surface area contributed by atoms with Gasteiger partial charge in [-0.3, -0.25) is 14.6 Å². The molecule has 0 bridgehead atoms. The average molecular weight is 427 g/mol. The van der Waals surface area contributed by atoms with Crippen molar-refractivity contribution in [3.05, 3.63) is 84.1 Å². The third-order valence-corrected chi connectivity index (χ3v) is 6.50. The molecule has 5 heteroatoms. The van der Waals surface area contributed by atoms with Crippen LogP contribution < -0.4 is 5.32 Å². The fourth-order valence-electron chi connectivity index (χ4n) is 4.71. The van der Waals surface area contributed by atoms with Gasteiger partial charge >= 0.3 is 0 Å². The van der Waals surface area contributed by atoms with Crippen LogP contribution in [0.2, 0.25) is 0 Å². The first-order valence-corrected chi connectivity index (χ1v) is 11.5. The predicted molar refractivity (Wildman–Crippen MR) is 131 cm³/mol. The van der Waals surface area contributed by atoms with E-state index in [-0.39, 0.29) is 5.91 Å². The Bertz CT molecular complexity index is 1200. The molecular formula is C27H30N4O. The number of H-pyrrole nitrogens is 1. The Hall–Kier alpha value is -3.15. The number of fused-ring (bicyclic) bond motifs is 2. The van der Waals surface area contributed by atoms with E-state index >= 15 is 0 Å². The van der Waals surface area contributed by atoms with Crippen molar-refractivity contribution in [2.75, 3.05) is 39.3 Å². The van der Waals surface area contributed by atoms with Crippen molar-refractivity contribution in [1.29, 1.82) is 0 Å². The topological polar surface area (TPSA) is 51.4 Å². The van der Waals surface area contributed by atoms with E-state index in [1.54, 1.807) is 0 Å². The lowest BCUT2D eigenvalue weighted by Crippen LogP contribution is -2.49. The number of piperazine rings is 1. The second-order valence-corrected chi connectivity index (χ2v) is 8.65. The monoisotopic (exact) mass is 426 g/mol. The average Bonchev–Trinajstić information content (AvgIpc) is 3.24. The highest BCUT2D eigenvalue weighted by Gasteiger charge is 2.19. The lowest BCUT2D eigenvalue weighted by molar-refractivity contribution is -0.122. The number of hydrogen-bond donors (Lipinski definition) is 2. The summed E-state index contributed by atoms with van der Waals surface area (Å²) in [6, 6.07) is 23.4. The van der Waals surface area contributed by atoms with Gasteiger partial charge in [0.15, 0.2) is 0 Å². The van der Waals surface area contributed by atoms with E-state index in [1.165, 1.54) is 27.3 Å². The highest BCUT2D eigenvalue weighted by atomic mass is 16.2. The molecule has 1 aromatic heterocycles. The summed E-state index contributed by atoms with van der Waals surface area (Å²) in [6.07, 6.45) is 2.89. The lowest BCUT2D eigenvalue weighted by atomic mass is 10.0. The maximum atomic E-state index is 12.4. The Morgan fingerprint density at radius 3 is 2.41 bits per heavy atom. The molecule has 1 aliphatic rings. The van der Waals surface area contributed by atoms with Crippen LogP contribution in [0.3, 0.4) is 0 Å². The van der Waals surface area contributed by atoms with Gasteiger partial charge in [-0.1, -0.05) is 60.7 Å². The summed E-state index contributed by atoms with van der Waals surface area (Å²) in [7, 11) is 0. The Morgan fingerprint density at radius 1 is 0.812 bits per heavy atom. The van der Waals surface area contributed by atoms with Crippen LogP contribution in [-0.4, -0.2) is 60.0 Å². The van der Waals surface area contributed by atoms with Gasteiger partial charge in [0, 0.05) is 56.4 Å². The molecule has 1 aliphatic heterocycles. The highest BCUT2D eigenvalue weighted by molar-refractivity contribution is 5.85. The smallest absolute Gasteiger partial charge is 0.234 e. The van der Waals surface area contributed by atoms with Gasteiger partial charge in [0.25, 0.3) is 0 Å². The molecular weight excluding hydrogens is 396 g/mol. The fraction of sp³-hybridized carbons (Fsp3) is 0.296. The van der Waals surface area contributed by atoms with E-state index in [4.69, 9.17) is 0 Å². The van der Waals surface area contributed by atoms with Gasteiger partial charge in [0.2, 0.25) is 5.91 Å². The summed E-state index contributed by atoms with van der Waals surface area (Å²) in [5.41, 5.74) is 3.78. The maximum Gasteiger partial charge on any atom is 0.234 e. The van der Waals surface area contributed by atoms with Crippen LogP contribution in [0.5, 0.6) is 0 Å². The Morgan fingerprint density at radius 2 is 1.53 bits per heavy atom. The summed E-state index contributed by atoms with van der Waals surface area (Å²) in [5.74, 6) is 0.118. The molecule has 164 valence electrons. The van der Waals surface area contributed by atoms with Crippen LogP contribution in [0.15, 0.2) is 72.9 Å². The van der Waals surface area contributed by atoms with E-state index in [9.17, 15) is 4.79 Å². The van der Waals surface area contributed by atoms with Crippen LogP contribution in [0, 0.1) is 0 Å². The molecule has 5 nitrogen and oxygen atoms in total. The normalized spacial score (nSPS) is 15.4. The first kappa shape index (κ1) is 20.7. The van der Waals surface area contributed by atoms with Crippen LogP contribution in [0.4, 0.5) is 0 Å². The lowest BCUT2D eigenvalue weighted by Gasteiger charge is -2.34. The van der Waals surface area contributed by atoms with Gasteiger partial charge < -0.3 is 10.3 Å². The van der Waals surface area contributed by atoms with E-state index in [1.807, 2.05) is 12.3 Å². The fourth-order valence-corrected chi connectivity index (χ4v) is 4.71. The van der Waals surface area contributed by atoms with Gasteiger partial charge in [0.05, 0.1) is 6.54 Å². The Kier molecular flexibility index (Phi) is 6.19. The molecule has 4 aromatic rings. The molecule has 0 unspecified atom stereocenters. The number of para-hydroxylation sites is 1. The first-order chi connectivity index (χ1) is 15.8. The third kappa shape index (κ3) is 4.69. The number of benzene rings is 3. The van der Waals surface area contributed by atoms with E-state index in [0.29, 0.717) is 13.1 Å². The molecule has 0 aliphatic carbocycles. The molecule has 1 amide bonds. The SMILES string of the molecule is O=C(CN1CCN(Cc2cccc3ccccc23)CC1)NCCc1c[nH]c2ccccc12. The van der Waals surface area contributed by atoms with E-state index in [2.05, 4.69) is 80.8 Å². The van der Waals surface area contributed by atoms with Gasteiger partial charge in [0.1, 0.15) is 0 Å². The summed E-state index contributed by atoms with van der Waals surface area (Å²) in [5, 5.41) is 6.97. The minimum Gasteiger partial charge on any atom is -0.361 e. The summed E-state index contributed by atoms with van der Waals surface area (Å²) >= 11 is 0. The van der Waals surface area contributed by atoms with Crippen LogP contribution in [0.25, 0.3) is 21.7 Å². The van der Waals surface area contributed by atoms with Gasteiger partial charge in [-0.25, -0.2) is 0 Å². The Labute approximate surface area is 189 Å². The van der Waals surface area contributed by atoms with Gasteiger partial charge in [-0.15, -0.1) is 0 Å². The van der Waals surface area contributed by atoms with Crippen molar-refractivity contribution >= 4 is 27.6 Å². The molecule has 3 aromatic carbocycles. The zero-order chi connectivity index (χ0) is 21.8. The second kappa shape index (κ2) is 9.55. The van der Waals surface area contributed by atoms with Crippen molar-refractivity contribution in [2.24, 2.45) is 0 Å². The molecule has 1 saturated heterocycles. The van der Waals surface area contributed by atoms with Crippen LogP contribution in [0.1, 0.15) is 11.1 Å². The predicted octanol–water partition coefficient (Wildman–Crippen LogP) is 3.80. The number of aromatic nitrogens is 1. The third-order valence-electron chi connectivity index (χ3n) is 6.50. The molecule has 2 N–H and O–H groups in total. The maximum absolute atomic E-state index is 12.4. The molecule has 1 fully saturated rings. The van der Waals surface area contributed by atoms with E-state index < -0.39 is 0 Å². The molecule has 0 radical (unpaired) electrons. The number of carbonyl (C=O) groups excluding carboxylic acids is 1. The van der Waals surface area contributed by atoms with Crippen molar-refractivity contribution in [3.8, 4) is 0 Å². The molecule has 5 rings (SSSR count). The Balaban J connectivity index is 1.07. The summed E-state index contributed by atoms with van der Waals surface area (Å²) in [4.78, 5) is 20.5. The minimum atomic E-state index is 0.118. The van der Waals surface area contributed by atoms with Crippen molar-refractivity contribution in [3.63, 3.8) is 0 Å². The quantitative estimate of drug-likeness (QED) is 0.473. The number of amides is 1. The number of rotatable bonds is 7. The van der Waals surface area contributed by atoms with Crippen molar-refractivity contribution in [2.45, 2.75) is 13.0 Å². The van der Waals surface area contributed by atoms with E-state index in [0.717, 1.165) is 44.7 Å². The second-order valence-electron chi connectivity index (χ2n) is 8.65. The minimum absolute atomic E-state index is 0.118. The molecule has 0 saturated carbocycles. The zero-order valence-electron chi connectivity index (χ0n) is 18.4. The first-order valence-electron chi connectivity index (χ1n) is 11.5. The highest BCUT2D eigenvalue weighted by Crippen LogP contribution is 2.21. The number of carbonyl (C=O) groups is 1. The largest absolute Gasteiger partial charge is 0.361 e. The van der Waals surface area contributed by atoms with Gasteiger partial charge in [-0.05, 0) is 34.4 Å².